The standard InChI is InChI=1S/C16H20N2O6S/c1-24-13-5-2-10(8-14(13)25(22,23)17-12-3-4-12)15(19)18-7-6-11(9-18)16(20)21/h2,5,8,11-12,17H,3-4,6-7,9H2,1H3,(H,20,21). The van der Waals surface area contributed by atoms with Crippen LogP contribution in [0, 0.1) is 5.92 Å². The van der Waals surface area contributed by atoms with E-state index >= 15 is 0 Å². The third-order valence-electron chi connectivity index (χ3n) is 4.42. The number of hydrogen-bond donors (Lipinski definition) is 2. The van der Waals surface area contributed by atoms with E-state index in [9.17, 15) is 18.0 Å². The molecule has 0 spiro atoms. The predicted molar refractivity (Wildman–Crippen MR) is 88.0 cm³/mol. The highest BCUT2D eigenvalue weighted by Gasteiger charge is 2.33. The van der Waals surface area contributed by atoms with Gasteiger partial charge in [0.25, 0.3) is 5.91 Å². The first-order chi connectivity index (χ1) is 11.8. The number of amides is 1. The maximum Gasteiger partial charge on any atom is 0.308 e. The van der Waals surface area contributed by atoms with Gasteiger partial charge in [-0.3, -0.25) is 9.59 Å². The zero-order valence-corrected chi connectivity index (χ0v) is 14.6. The fourth-order valence-corrected chi connectivity index (χ4v) is 4.33. The minimum atomic E-state index is -3.78. The number of ether oxygens (including phenoxy) is 1. The number of carboxylic acid groups (broad SMARTS) is 1. The van der Waals surface area contributed by atoms with Gasteiger partial charge < -0.3 is 14.7 Å². The van der Waals surface area contributed by atoms with Crippen LogP contribution < -0.4 is 9.46 Å². The lowest BCUT2D eigenvalue weighted by molar-refractivity contribution is -0.141. The molecule has 0 radical (unpaired) electrons. The Morgan fingerprint density at radius 1 is 1.28 bits per heavy atom. The lowest BCUT2D eigenvalue weighted by atomic mass is 10.1. The number of methoxy groups -OCH3 is 1. The average molecular weight is 368 g/mol. The summed E-state index contributed by atoms with van der Waals surface area (Å²) in [6.45, 7) is 0.465. The fourth-order valence-electron chi connectivity index (χ4n) is 2.83. The van der Waals surface area contributed by atoms with Gasteiger partial charge in [-0.15, -0.1) is 0 Å². The molecule has 136 valence electrons. The highest BCUT2D eigenvalue weighted by atomic mass is 32.2. The van der Waals surface area contributed by atoms with Gasteiger partial charge in [0.05, 0.1) is 13.0 Å². The van der Waals surface area contributed by atoms with Crippen molar-refractivity contribution in [1.82, 2.24) is 9.62 Å². The van der Waals surface area contributed by atoms with Crippen molar-refractivity contribution in [2.75, 3.05) is 20.2 Å². The van der Waals surface area contributed by atoms with Gasteiger partial charge in [0, 0.05) is 24.7 Å². The summed E-state index contributed by atoms with van der Waals surface area (Å²) < 4.78 is 32.7. The number of nitrogens with one attached hydrogen (secondary N) is 1. The van der Waals surface area contributed by atoms with Gasteiger partial charge in [0.2, 0.25) is 10.0 Å². The van der Waals surface area contributed by atoms with Crippen molar-refractivity contribution < 1.29 is 27.9 Å². The summed E-state index contributed by atoms with van der Waals surface area (Å²) >= 11 is 0. The third kappa shape index (κ3) is 3.77. The zero-order valence-electron chi connectivity index (χ0n) is 13.8. The Bertz CT molecular complexity index is 803. The molecule has 1 aliphatic carbocycles. The molecule has 1 saturated carbocycles. The fraction of sp³-hybridized carbons (Fsp3) is 0.500. The van der Waals surface area contributed by atoms with Crippen molar-refractivity contribution in [3.63, 3.8) is 0 Å². The molecule has 1 amide bonds. The molecule has 1 aromatic carbocycles. The van der Waals surface area contributed by atoms with Gasteiger partial charge in [-0.1, -0.05) is 0 Å². The van der Waals surface area contributed by atoms with Crippen molar-refractivity contribution in [3.05, 3.63) is 23.8 Å². The Labute approximate surface area is 145 Å². The maximum atomic E-state index is 12.6. The molecule has 1 aliphatic heterocycles. The zero-order chi connectivity index (χ0) is 18.2. The highest BCUT2D eigenvalue weighted by molar-refractivity contribution is 7.89. The predicted octanol–water partition coefficient (Wildman–Crippen LogP) is 0.683. The Morgan fingerprint density at radius 2 is 2.00 bits per heavy atom. The van der Waals surface area contributed by atoms with E-state index in [-0.39, 0.29) is 34.7 Å². The number of sulfonamides is 1. The van der Waals surface area contributed by atoms with Crippen LogP contribution in [0.15, 0.2) is 23.1 Å². The summed E-state index contributed by atoms with van der Waals surface area (Å²) in [5.74, 6) is -1.73. The summed E-state index contributed by atoms with van der Waals surface area (Å²) in [6, 6.07) is 4.16. The van der Waals surface area contributed by atoms with E-state index in [2.05, 4.69) is 4.72 Å². The number of carbonyl (C=O) groups excluding carboxylic acids is 1. The molecule has 1 heterocycles. The van der Waals surface area contributed by atoms with Crippen LogP contribution in [0.2, 0.25) is 0 Å². The topological polar surface area (TPSA) is 113 Å². The summed E-state index contributed by atoms with van der Waals surface area (Å²) in [5.41, 5.74) is 0.197. The molecule has 9 heteroatoms. The number of carboxylic acids is 1. The van der Waals surface area contributed by atoms with Crippen molar-refractivity contribution in [3.8, 4) is 5.75 Å². The molecule has 25 heavy (non-hydrogen) atoms. The Hall–Kier alpha value is -2.13. The van der Waals surface area contributed by atoms with Crippen LogP contribution in [-0.4, -0.2) is 56.5 Å². The van der Waals surface area contributed by atoms with Gasteiger partial charge in [-0.2, -0.15) is 0 Å². The van der Waals surface area contributed by atoms with Crippen LogP contribution in [0.4, 0.5) is 0 Å². The van der Waals surface area contributed by atoms with Gasteiger partial charge in [0.1, 0.15) is 10.6 Å². The van der Waals surface area contributed by atoms with Crippen molar-refractivity contribution in [2.24, 2.45) is 5.92 Å². The van der Waals surface area contributed by atoms with Crippen LogP contribution in [0.1, 0.15) is 29.6 Å². The molecule has 0 aromatic heterocycles. The normalized spacial score (nSPS) is 20.5. The van der Waals surface area contributed by atoms with Crippen LogP contribution in [0.3, 0.4) is 0 Å². The van der Waals surface area contributed by atoms with E-state index in [4.69, 9.17) is 9.84 Å². The number of rotatable bonds is 6. The molecule has 1 aromatic rings. The first-order valence-electron chi connectivity index (χ1n) is 8.04. The lowest BCUT2D eigenvalue weighted by Gasteiger charge is -2.17. The number of aliphatic carboxylic acids is 1. The van der Waals surface area contributed by atoms with Gasteiger partial charge in [-0.25, -0.2) is 13.1 Å². The summed E-state index contributed by atoms with van der Waals surface area (Å²) in [6.07, 6.45) is 1.99. The van der Waals surface area contributed by atoms with Crippen LogP contribution >= 0.6 is 0 Å². The molecule has 0 bridgehead atoms. The second-order valence-corrected chi connectivity index (χ2v) is 8.02. The van der Waals surface area contributed by atoms with E-state index in [1.54, 1.807) is 0 Å². The van der Waals surface area contributed by atoms with Gasteiger partial charge in [0.15, 0.2) is 0 Å². The van der Waals surface area contributed by atoms with Crippen LogP contribution in [0.5, 0.6) is 5.75 Å². The molecule has 1 atom stereocenters. The maximum absolute atomic E-state index is 12.6. The molecule has 8 nitrogen and oxygen atoms in total. The van der Waals surface area contributed by atoms with Gasteiger partial charge >= 0.3 is 5.97 Å². The molecule has 2 aliphatic rings. The van der Waals surface area contributed by atoms with E-state index in [1.165, 1.54) is 30.2 Å². The van der Waals surface area contributed by atoms with Crippen molar-refractivity contribution in [2.45, 2.75) is 30.2 Å². The van der Waals surface area contributed by atoms with Crippen molar-refractivity contribution in [1.29, 1.82) is 0 Å². The molecule has 2 fully saturated rings. The molecule has 2 N–H and O–H groups in total. The van der Waals surface area contributed by atoms with E-state index in [0.29, 0.717) is 13.0 Å². The Kier molecular flexibility index (Phi) is 4.70. The van der Waals surface area contributed by atoms with E-state index in [0.717, 1.165) is 12.8 Å². The molecular formula is C16H20N2O6S. The molecule has 3 rings (SSSR count). The smallest absolute Gasteiger partial charge is 0.308 e. The Balaban J connectivity index is 1.86. The third-order valence-corrected chi connectivity index (χ3v) is 5.97. The SMILES string of the molecule is COc1ccc(C(=O)N2CCC(C(=O)O)C2)cc1S(=O)(=O)NC1CC1. The Morgan fingerprint density at radius 3 is 2.56 bits per heavy atom. The highest BCUT2D eigenvalue weighted by Crippen LogP contribution is 2.29. The number of carbonyl (C=O) groups is 2. The van der Waals surface area contributed by atoms with E-state index < -0.39 is 21.9 Å². The first-order valence-corrected chi connectivity index (χ1v) is 9.52. The monoisotopic (exact) mass is 368 g/mol. The molecule has 1 saturated heterocycles. The lowest BCUT2D eigenvalue weighted by Crippen LogP contribution is -2.30. The molecule has 1 unspecified atom stereocenters. The summed E-state index contributed by atoms with van der Waals surface area (Å²) in [7, 11) is -2.42. The van der Waals surface area contributed by atoms with E-state index in [1.807, 2.05) is 0 Å². The van der Waals surface area contributed by atoms with Crippen molar-refractivity contribution >= 4 is 21.9 Å². The average Bonchev–Trinajstić information content (AvgIpc) is 3.23. The number of hydrogen-bond acceptors (Lipinski definition) is 5. The van der Waals surface area contributed by atoms with Gasteiger partial charge in [-0.05, 0) is 37.5 Å². The minimum absolute atomic E-state index is 0.0658. The largest absolute Gasteiger partial charge is 0.495 e. The number of nitrogens with zero attached hydrogens (tertiary/aromatic N) is 1. The number of likely N-dealkylation sites (tertiary alicyclic amines) is 1. The number of benzene rings is 1. The second kappa shape index (κ2) is 6.64. The summed E-state index contributed by atoms with van der Waals surface area (Å²) in [5, 5.41) is 9.05. The van der Waals surface area contributed by atoms with Crippen LogP contribution in [-0.2, 0) is 14.8 Å². The molecular weight excluding hydrogens is 348 g/mol. The summed E-state index contributed by atoms with van der Waals surface area (Å²) in [4.78, 5) is 25.0. The first kappa shape index (κ1) is 17.7. The quantitative estimate of drug-likeness (QED) is 0.764. The van der Waals surface area contributed by atoms with Crippen LogP contribution in [0.25, 0.3) is 0 Å². The second-order valence-electron chi connectivity index (χ2n) is 6.34. The minimum Gasteiger partial charge on any atom is -0.495 e.